The number of fused-ring (bicyclic) bond motifs is 2. The van der Waals surface area contributed by atoms with Gasteiger partial charge in [-0.25, -0.2) is 0 Å². The maximum Gasteiger partial charge on any atom is 0 e. The van der Waals surface area contributed by atoms with Crippen molar-refractivity contribution in [3.05, 3.63) is 12.3 Å². The third kappa shape index (κ3) is 2.76. The summed E-state index contributed by atoms with van der Waals surface area (Å²) in [5.41, 5.74) is 6.30. The first-order chi connectivity index (χ1) is 6.87. The lowest BCUT2D eigenvalue weighted by Gasteiger charge is -2.59. The topological polar surface area (TPSA) is 26.0 Å². The lowest BCUT2D eigenvalue weighted by Crippen LogP contribution is -2.50. The molecule has 3 saturated carbocycles. The van der Waals surface area contributed by atoms with Crippen LogP contribution in [-0.4, -0.2) is 0 Å². The predicted octanol–water partition coefficient (Wildman–Crippen LogP) is 4.19. The molecule has 2 unspecified atom stereocenters. The van der Waals surface area contributed by atoms with Crippen molar-refractivity contribution >= 4 is 0 Å². The molecule has 3 aliphatic carbocycles. The van der Waals surface area contributed by atoms with Gasteiger partial charge in [0.15, 0.2) is 0 Å². The molecule has 1 heteroatoms. The van der Waals surface area contributed by atoms with Crippen molar-refractivity contribution in [2.75, 3.05) is 0 Å². The summed E-state index contributed by atoms with van der Waals surface area (Å²) in [6, 6.07) is 0. The van der Waals surface area contributed by atoms with Gasteiger partial charge >= 0.3 is 0 Å². The minimum absolute atomic E-state index is 0. The summed E-state index contributed by atoms with van der Waals surface area (Å²) in [5, 5.41) is 0. The molecule has 2 N–H and O–H groups in total. The van der Waals surface area contributed by atoms with Crippen molar-refractivity contribution < 1.29 is 1.43 Å². The number of hydrogen-bond acceptors (Lipinski definition) is 1. The van der Waals surface area contributed by atoms with Crippen LogP contribution in [0.2, 0.25) is 0 Å². The highest BCUT2D eigenvalue weighted by Gasteiger charge is 2.51. The highest BCUT2D eigenvalue weighted by molar-refractivity contribution is 5.01. The highest BCUT2D eigenvalue weighted by Crippen LogP contribution is 2.60. The van der Waals surface area contributed by atoms with Crippen LogP contribution in [0, 0.1) is 23.2 Å². The van der Waals surface area contributed by atoms with Gasteiger partial charge in [-0.15, -0.1) is 0 Å². The second-order valence-electron chi connectivity index (χ2n) is 6.04. The van der Waals surface area contributed by atoms with E-state index in [0.29, 0.717) is 11.1 Å². The molecule has 1 nitrogen and oxygen atoms in total. The van der Waals surface area contributed by atoms with Crippen LogP contribution in [-0.2, 0) is 0 Å². The SMILES string of the molecule is C=C(C)N.CCC1CC2CC(C1)C2(C)C.[HH]. The van der Waals surface area contributed by atoms with Crippen LogP contribution in [0.5, 0.6) is 0 Å². The van der Waals surface area contributed by atoms with Crippen molar-refractivity contribution in [3.8, 4) is 0 Å². The molecule has 90 valence electrons. The average Bonchev–Trinajstić information content (AvgIpc) is 2.17. The van der Waals surface area contributed by atoms with Crippen molar-refractivity contribution in [1.29, 1.82) is 0 Å². The normalized spacial score (nSPS) is 35.9. The Morgan fingerprint density at radius 3 is 2.00 bits per heavy atom. The number of hydrogen-bond donors (Lipinski definition) is 1. The summed E-state index contributed by atoms with van der Waals surface area (Å²) in [7, 11) is 0. The Hall–Kier alpha value is -0.460. The minimum atomic E-state index is 0. The summed E-state index contributed by atoms with van der Waals surface area (Å²) in [4.78, 5) is 0. The maximum atomic E-state index is 4.92. The van der Waals surface area contributed by atoms with E-state index in [-0.39, 0.29) is 1.43 Å². The third-order valence-corrected chi connectivity index (χ3v) is 4.49. The lowest BCUT2D eigenvalue weighted by molar-refractivity contribution is -0.0902. The fourth-order valence-electron chi connectivity index (χ4n) is 3.16. The first-order valence-electron chi connectivity index (χ1n) is 6.28. The van der Waals surface area contributed by atoms with Crippen LogP contribution in [0.1, 0.15) is 54.8 Å². The summed E-state index contributed by atoms with van der Waals surface area (Å²) in [5.74, 6) is 3.23. The molecular weight excluding hydrogens is 182 g/mol. The Morgan fingerprint density at radius 2 is 1.73 bits per heavy atom. The average molecular weight is 211 g/mol. The van der Waals surface area contributed by atoms with Gasteiger partial charge in [-0.05, 0) is 55.1 Å². The molecule has 3 rings (SSSR count). The summed E-state index contributed by atoms with van der Waals surface area (Å²) < 4.78 is 0. The van der Waals surface area contributed by atoms with Crippen LogP contribution < -0.4 is 5.73 Å². The Labute approximate surface area is 96.6 Å². The van der Waals surface area contributed by atoms with E-state index < -0.39 is 0 Å². The van der Waals surface area contributed by atoms with E-state index in [0.717, 1.165) is 17.8 Å². The maximum absolute atomic E-state index is 4.92. The van der Waals surface area contributed by atoms with Gasteiger partial charge in [0.25, 0.3) is 0 Å². The number of rotatable bonds is 1. The summed E-state index contributed by atoms with van der Waals surface area (Å²) >= 11 is 0. The zero-order valence-electron chi connectivity index (χ0n) is 10.8. The van der Waals surface area contributed by atoms with Crippen molar-refractivity contribution in [3.63, 3.8) is 0 Å². The van der Waals surface area contributed by atoms with Crippen LogP contribution >= 0.6 is 0 Å². The van der Waals surface area contributed by atoms with Gasteiger partial charge in [-0.2, -0.15) is 0 Å². The van der Waals surface area contributed by atoms with Crippen molar-refractivity contribution in [2.45, 2.75) is 53.4 Å². The van der Waals surface area contributed by atoms with E-state index in [1.807, 2.05) is 0 Å². The quantitative estimate of drug-likeness (QED) is 0.691. The van der Waals surface area contributed by atoms with Crippen LogP contribution in [0.15, 0.2) is 12.3 Å². The monoisotopic (exact) mass is 211 g/mol. The van der Waals surface area contributed by atoms with Gasteiger partial charge in [0, 0.05) is 1.43 Å². The summed E-state index contributed by atoms with van der Waals surface area (Å²) in [6.07, 6.45) is 6.02. The zero-order valence-corrected chi connectivity index (χ0v) is 10.8. The standard InChI is InChI=1S/C11H20.C3H7N.H2/c1-4-8-5-9-7-10(6-8)11(9,2)3;1-3(2)4;/h8-10H,4-7H2,1-3H3;1,4H2,2H3;1H. The number of nitrogens with two attached hydrogens (primary N) is 1. The van der Waals surface area contributed by atoms with E-state index >= 15 is 0 Å². The van der Waals surface area contributed by atoms with Crippen LogP contribution in [0.25, 0.3) is 0 Å². The molecule has 0 radical (unpaired) electrons. The highest BCUT2D eigenvalue weighted by atomic mass is 14.6. The molecular formula is C14H29N. The Kier molecular flexibility index (Phi) is 3.86. The van der Waals surface area contributed by atoms with Gasteiger partial charge in [0.1, 0.15) is 0 Å². The smallest absolute Gasteiger partial charge is 0 e. The second kappa shape index (κ2) is 4.59. The largest absolute Gasteiger partial charge is 0.403 e. The van der Waals surface area contributed by atoms with Crippen molar-refractivity contribution in [2.24, 2.45) is 28.9 Å². The second-order valence-corrected chi connectivity index (χ2v) is 6.04. The molecule has 0 amide bonds. The first-order valence-corrected chi connectivity index (χ1v) is 6.28. The predicted molar refractivity (Wildman–Crippen MR) is 69.5 cm³/mol. The molecule has 0 aromatic carbocycles. The molecule has 0 aromatic heterocycles. The third-order valence-electron chi connectivity index (χ3n) is 4.49. The Morgan fingerprint density at radius 1 is 1.33 bits per heavy atom. The number of allylic oxidation sites excluding steroid dienone is 1. The summed E-state index contributed by atoms with van der Waals surface area (Å²) in [6.45, 7) is 12.4. The van der Waals surface area contributed by atoms with Crippen LogP contribution in [0.3, 0.4) is 0 Å². The molecule has 2 atom stereocenters. The fraction of sp³-hybridized carbons (Fsp3) is 0.857. The molecule has 0 aromatic rings. The molecule has 3 aliphatic rings. The van der Waals surface area contributed by atoms with E-state index in [1.54, 1.807) is 13.3 Å². The van der Waals surface area contributed by atoms with E-state index in [4.69, 9.17) is 5.73 Å². The first kappa shape index (κ1) is 12.6. The molecule has 0 spiro atoms. The molecule has 0 saturated heterocycles. The lowest BCUT2D eigenvalue weighted by atomic mass is 9.46. The Balaban J connectivity index is 0.000000397. The van der Waals surface area contributed by atoms with Gasteiger partial charge in [0.2, 0.25) is 0 Å². The van der Waals surface area contributed by atoms with Gasteiger partial charge in [-0.3, -0.25) is 0 Å². The minimum Gasteiger partial charge on any atom is -0.403 e. The fourth-order valence-corrected chi connectivity index (χ4v) is 3.16. The van der Waals surface area contributed by atoms with E-state index in [9.17, 15) is 0 Å². The van der Waals surface area contributed by atoms with E-state index in [2.05, 4.69) is 27.4 Å². The zero-order chi connectivity index (χ0) is 11.6. The molecule has 0 aliphatic heterocycles. The molecule has 0 heterocycles. The Bertz CT molecular complexity index is 217. The molecule has 3 fully saturated rings. The van der Waals surface area contributed by atoms with Crippen LogP contribution in [0.4, 0.5) is 0 Å². The van der Waals surface area contributed by atoms with Gasteiger partial charge in [-0.1, -0.05) is 33.8 Å². The van der Waals surface area contributed by atoms with Gasteiger partial charge in [0.05, 0.1) is 0 Å². The molecule has 2 bridgehead atoms. The van der Waals surface area contributed by atoms with Crippen molar-refractivity contribution in [1.82, 2.24) is 0 Å². The molecule has 15 heavy (non-hydrogen) atoms. The van der Waals surface area contributed by atoms with E-state index in [1.165, 1.54) is 19.3 Å². The van der Waals surface area contributed by atoms with Gasteiger partial charge < -0.3 is 5.73 Å².